The maximum absolute atomic E-state index is 9.69. The molecule has 2 atom stereocenters. The molecule has 0 aromatic heterocycles. The molecule has 0 spiro atoms. The van der Waals surface area contributed by atoms with Crippen molar-refractivity contribution in [1.29, 1.82) is 0 Å². The molecule has 0 radical (unpaired) electrons. The van der Waals surface area contributed by atoms with Gasteiger partial charge in [-0.05, 0) is 43.8 Å². The van der Waals surface area contributed by atoms with E-state index in [9.17, 15) is 5.11 Å². The zero-order chi connectivity index (χ0) is 13.0. The van der Waals surface area contributed by atoms with Crippen LogP contribution >= 0.6 is 11.8 Å². The summed E-state index contributed by atoms with van der Waals surface area (Å²) in [5, 5.41) is 14.1. The van der Waals surface area contributed by atoms with E-state index < -0.39 is 0 Å². The molecule has 3 heteroatoms. The molecule has 2 fully saturated rings. The van der Waals surface area contributed by atoms with Crippen molar-refractivity contribution in [2.24, 2.45) is 5.92 Å². The average molecular weight is 271 g/mol. The van der Waals surface area contributed by atoms with Crippen LogP contribution in [0.15, 0.2) is 0 Å². The van der Waals surface area contributed by atoms with Gasteiger partial charge in [0.1, 0.15) is 0 Å². The van der Waals surface area contributed by atoms with Crippen LogP contribution in [0.3, 0.4) is 0 Å². The van der Waals surface area contributed by atoms with E-state index in [2.05, 4.69) is 30.9 Å². The first-order valence-electron chi connectivity index (χ1n) is 7.64. The zero-order valence-electron chi connectivity index (χ0n) is 12.0. The molecule has 2 unspecified atom stereocenters. The van der Waals surface area contributed by atoms with E-state index in [0.717, 1.165) is 24.0 Å². The molecular formula is C15H29NOS. The number of hydrogen-bond donors (Lipinski definition) is 2. The molecule has 2 N–H and O–H groups in total. The van der Waals surface area contributed by atoms with Crippen molar-refractivity contribution in [3.8, 4) is 0 Å². The van der Waals surface area contributed by atoms with Crippen molar-refractivity contribution in [3.63, 3.8) is 0 Å². The fourth-order valence-corrected chi connectivity index (χ4v) is 5.20. The van der Waals surface area contributed by atoms with Crippen LogP contribution in [0, 0.1) is 5.92 Å². The Labute approximate surface area is 116 Å². The number of hydrogen-bond acceptors (Lipinski definition) is 3. The van der Waals surface area contributed by atoms with Crippen LogP contribution in [0.1, 0.15) is 58.8 Å². The van der Waals surface area contributed by atoms with E-state index in [0.29, 0.717) is 12.6 Å². The second-order valence-corrected chi connectivity index (χ2v) is 7.92. The molecule has 0 saturated heterocycles. The Hall–Kier alpha value is 0.270. The van der Waals surface area contributed by atoms with Crippen molar-refractivity contribution >= 4 is 11.8 Å². The Bertz CT molecular complexity index is 253. The lowest BCUT2D eigenvalue weighted by Gasteiger charge is -2.31. The summed E-state index contributed by atoms with van der Waals surface area (Å²) in [4.78, 5) is 0. The van der Waals surface area contributed by atoms with Gasteiger partial charge in [-0.25, -0.2) is 0 Å². The summed E-state index contributed by atoms with van der Waals surface area (Å²) < 4.78 is 0. The molecule has 2 rings (SSSR count). The highest BCUT2D eigenvalue weighted by atomic mass is 32.2. The van der Waals surface area contributed by atoms with E-state index in [1.165, 1.54) is 37.9 Å². The zero-order valence-corrected chi connectivity index (χ0v) is 12.8. The second kappa shape index (κ2) is 6.62. The lowest BCUT2D eigenvalue weighted by atomic mass is 9.98. The molecule has 2 aliphatic rings. The summed E-state index contributed by atoms with van der Waals surface area (Å²) in [5.41, 5.74) is 0.0154. The van der Waals surface area contributed by atoms with Gasteiger partial charge in [0, 0.05) is 16.8 Å². The van der Waals surface area contributed by atoms with Crippen LogP contribution in [-0.2, 0) is 0 Å². The first-order chi connectivity index (χ1) is 8.63. The second-order valence-electron chi connectivity index (χ2n) is 6.59. The SMILES string of the molecule is CC(C)NC1(CO)CCC(SCC2CCCC2)C1. The minimum absolute atomic E-state index is 0.0154. The summed E-state index contributed by atoms with van der Waals surface area (Å²) in [6.45, 7) is 4.65. The number of thioether (sulfide) groups is 1. The Morgan fingerprint density at radius 3 is 2.61 bits per heavy atom. The summed E-state index contributed by atoms with van der Waals surface area (Å²) in [6.07, 6.45) is 9.38. The van der Waals surface area contributed by atoms with E-state index in [1.54, 1.807) is 0 Å². The largest absolute Gasteiger partial charge is 0.394 e. The maximum Gasteiger partial charge on any atom is 0.0613 e. The van der Waals surface area contributed by atoms with Gasteiger partial charge in [0.2, 0.25) is 0 Å². The molecule has 0 bridgehead atoms. The fraction of sp³-hybridized carbons (Fsp3) is 1.00. The van der Waals surface area contributed by atoms with Crippen molar-refractivity contribution < 1.29 is 5.11 Å². The lowest BCUT2D eigenvalue weighted by Crippen LogP contribution is -2.49. The lowest BCUT2D eigenvalue weighted by molar-refractivity contribution is 0.156. The van der Waals surface area contributed by atoms with Crippen molar-refractivity contribution in [1.82, 2.24) is 5.32 Å². The summed E-state index contributed by atoms with van der Waals surface area (Å²) in [7, 11) is 0. The predicted octanol–water partition coefficient (Wildman–Crippen LogP) is 3.19. The molecule has 18 heavy (non-hydrogen) atoms. The van der Waals surface area contributed by atoms with Crippen LogP contribution in [0.4, 0.5) is 0 Å². The van der Waals surface area contributed by atoms with E-state index >= 15 is 0 Å². The molecule has 106 valence electrons. The van der Waals surface area contributed by atoms with Gasteiger partial charge in [-0.2, -0.15) is 11.8 Å². The topological polar surface area (TPSA) is 32.3 Å². The quantitative estimate of drug-likeness (QED) is 0.778. The van der Waals surface area contributed by atoms with Gasteiger partial charge in [0.05, 0.1) is 6.61 Å². The predicted molar refractivity (Wildman–Crippen MR) is 80.1 cm³/mol. The van der Waals surface area contributed by atoms with E-state index in [-0.39, 0.29) is 5.54 Å². The van der Waals surface area contributed by atoms with Crippen molar-refractivity contribution in [2.45, 2.75) is 75.6 Å². The van der Waals surface area contributed by atoms with Gasteiger partial charge >= 0.3 is 0 Å². The molecule has 2 nitrogen and oxygen atoms in total. The van der Waals surface area contributed by atoms with E-state index in [1.807, 2.05) is 0 Å². The minimum Gasteiger partial charge on any atom is -0.394 e. The molecule has 0 amide bonds. The highest BCUT2D eigenvalue weighted by molar-refractivity contribution is 7.99. The van der Waals surface area contributed by atoms with Gasteiger partial charge in [-0.3, -0.25) is 0 Å². The van der Waals surface area contributed by atoms with Gasteiger partial charge in [0.15, 0.2) is 0 Å². The Morgan fingerprint density at radius 1 is 1.28 bits per heavy atom. The molecule has 2 saturated carbocycles. The first kappa shape index (κ1) is 14.7. The maximum atomic E-state index is 9.69. The van der Waals surface area contributed by atoms with Crippen LogP contribution < -0.4 is 5.32 Å². The summed E-state index contributed by atoms with van der Waals surface area (Å²) in [5.74, 6) is 2.34. The third-order valence-electron chi connectivity index (χ3n) is 4.50. The first-order valence-corrected chi connectivity index (χ1v) is 8.68. The highest BCUT2D eigenvalue weighted by Gasteiger charge is 2.39. The van der Waals surface area contributed by atoms with Gasteiger partial charge < -0.3 is 10.4 Å². The molecule has 0 aliphatic heterocycles. The smallest absolute Gasteiger partial charge is 0.0613 e. The molecule has 0 aromatic rings. The Kier molecular flexibility index (Phi) is 5.40. The third kappa shape index (κ3) is 3.88. The monoisotopic (exact) mass is 271 g/mol. The Morgan fingerprint density at radius 2 is 2.00 bits per heavy atom. The van der Waals surface area contributed by atoms with Crippen LogP contribution in [-0.4, -0.2) is 34.3 Å². The van der Waals surface area contributed by atoms with Crippen molar-refractivity contribution in [3.05, 3.63) is 0 Å². The molecular weight excluding hydrogens is 242 g/mol. The molecule has 0 heterocycles. The van der Waals surface area contributed by atoms with Gasteiger partial charge in [-0.1, -0.05) is 26.7 Å². The molecule has 2 aliphatic carbocycles. The van der Waals surface area contributed by atoms with E-state index in [4.69, 9.17) is 0 Å². The fourth-order valence-electron chi connectivity index (χ4n) is 3.60. The standard InChI is InChI=1S/C15H29NOS/c1-12(2)16-15(11-17)8-7-14(9-15)18-10-13-5-3-4-6-13/h12-14,16-17H,3-11H2,1-2H3. The summed E-state index contributed by atoms with van der Waals surface area (Å²) >= 11 is 2.17. The number of nitrogens with one attached hydrogen (secondary N) is 1. The number of aliphatic hydroxyl groups is 1. The van der Waals surface area contributed by atoms with Crippen molar-refractivity contribution in [2.75, 3.05) is 12.4 Å². The summed E-state index contributed by atoms with van der Waals surface area (Å²) in [6, 6.07) is 0.468. The van der Waals surface area contributed by atoms with Crippen LogP contribution in [0.5, 0.6) is 0 Å². The van der Waals surface area contributed by atoms with Gasteiger partial charge in [0.25, 0.3) is 0 Å². The minimum atomic E-state index is 0.0154. The number of rotatable bonds is 6. The Balaban J connectivity index is 1.75. The van der Waals surface area contributed by atoms with Gasteiger partial charge in [-0.15, -0.1) is 0 Å². The van der Waals surface area contributed by atoms with Crippen LogP contribution in [0.2, 0.25) is 0 Å². The highest BCUT2D eigenvalue weighted by Crippen LogP contribution is 2.39. The molecule has 0 aromatic carbocycles. The average Bonchev–Trinajstić information content (AvgIpc) is 2.95. The van der Waals surface area contributed by atoms with Crippen LogP contribution in [0.25, 0.3) is 0 Å². The normalized spacial score (nSPS) is 33.7. The number of aliphatic hydroxyl groups excluding tert-OH is 1. The third-order valence-corrected chi connectivity index (χ3v) is 6.04.